The number of benzene rings is 1. The van der Waals surface area contributed by atoms with Gasteiger partial charge in [0.1, 0.15) is 18.1 Å². The SMILES string of the molecule is COc1ccc(OCc2cc(Cl)ccn2)c(C(C)(C)C)c1. The Hall–Kier alpha value is -1.74. The number of aromatic nitrogens is 1. The molecule has 0 atom stereocenters. The van der Waals surface area contributed by atoms with Gasteiger partial charge < -0.3 is 9.47 Å². The lowest BCUT2D eigenvalue weighted by Crippen LogP contribution is -2.14. The maximum absolute atomic E-state index is 5.96. The van der Waals surface area contributed by atoms with Crippen molar-refractivity contribution in [3.05, 3.63) is 52.8 Å². The third-order valence-corrected chi connectivity index (χ3v) is 3.38. The molecule has 2 aromatic rings. The van der Waals surface area contributed by atoms with Crippen molar-refractivity contribution in [3.63, 3.8) is 0 Å². The smallest absolute Gasteiger partial charge is 0.130 e. The Kier molecular flexibility index (Phi) is 4.73. The lowest BCUT2D eigenvalue weighted by molar-refractivity contribution is 0.292. The second-order valence-corrected chi connectivity index (χ2v) is 6.30. The van der Waals surface area contributed by atoms with Gasteiger partial charge in [-0.15, -0.1) is 0 Å². The van der Waals surface area contributed by atoms with Crippen LogP contribution in [0.3, 0.4) is 0 Å². The average molecular weight is 306 g/mol. The molecule has 0 saturated heterocycles. The molecule has 0 aliphatic rings. The molecule has 1 aromatic heterocycles. The second kappa shape index (κ2) is 6.35. The minimum atomic E-state index is -0.0361. The van der Waals surface area contributed by atoms with Crippen LogP contribution in [0.4, 0.5) is 0 Å². The van der Waals surface area contributed by atoms with Gasteiger partial charge in [-0.25, -0.2) is 0 Å². The van der Waals surface area contributed by atoms with Crippen molar-refractivity contribution in [2.24, 2.45) is 0 Å². The zero-order valence-corrected chi connectivity index (χ0v) is 13.6. The van der Waals surface area contributed by atoms with Gasteiger partial charge in [-0.2, -0.15) is 0 Å². The Morgan fingerprint density at radius 2 is 1.90 bits per heavy atom. The maximum Gasteiger partial charge on any atom is 0.130 e. The van der Waals surface area contributed by atoms with Gasteiger partial charge in [0, 0.05) is 16.8 Å². The lowest BCUT2D eigenvalue weighted by Gasteiger charge is -2.23. The minimum Gasteiger partial charge on any atom is -0.497 e. The molecule has 0 saturated carbocycles. The van der Waals surface area contributed by atoms with E-state index < -0.39 is 0 Å². The first-order valence-corrected chi connectivity index (χ1v) is 7.19. The van der Waals surface area contributed by atoms with Crippen molar-refractivity contribution in [1.29, 1.82) is 0 Å². The molecule has 0 bridgehead atoms. The highest BCUT2D eigenvalue weighted by Crippen LogP contribution is 2.34. The van der Waals surface area contributed by atoms with Crippen LogP contribution in [0, 0.1) is 0 Å². The highest BCUT2D eigenvalue weighted by Gasteiger charge is 2.20. The summed E-state index contributed by atoms with van der Waals surface area (Å²) in [6.45, 7) is 6.82. The summed E-state index contributed by atoms with van der Waals surface area (Å²) in [6.07, 6.45) is 1.68. The van der Waals surface area contributed by atoms with Gasteiger partial charge in [0.25, 0.3) is 0 Å². The topological polar surface area (TPSA) is 31.4 Å². The fourth-order valence-corrected chi connectivity index (χ4v) is 2.21. The van der Waals surface area contributed by atoms with E-state index in [9.17, 15) is 0 Å². The number of pyridine rings is 1. The number of nitrogens with zero attached hydrogens (tertiary/aromatic N) is 1. The van der Waals surface area contributed by atoms with Crippen molar-refractivity contribution < 1.29 is 9.47 Å². The summed E-state index contributed by atoms with van der Waals surface area (Å²) >= 11 is 5.96. The quantitative estimate of drug-likeness (QED) is 0.826. The lowest BCUT2D eigenvalue weighted by atomic mass is 9.86. The molecule has 4 heteroatoms. The van der Waals surface area contributed by atoms with E-state index in [-0.39, 0.29) is 5.41 Å². The highest BCUT2D eigenvalue weighted by atomic mass is 35.5. The molecule has 1 heterocycles. The van der Waals surface area contributed by atoms with Crippen LogP contribution in [0.1, 0.15) is 32.0 Å². The molecule has 1 aromatic carbocycles. The number of halogens is 1. The molecule has 112 valence electrons. The molecule has 0 spiro atoms. The van der Waals surface area contributed by atoms with Gasteiger partial charge in [0.2, 0.25) is 0 Å². The average Bonchev–Trinajstić information content (AvgIpc) is 2.44. The van der Waals surface area contributed by atoms with Crippen LogP contribution in [0.15, 0.2) is 36.5 Å². The monoisotopic (exact) mass is 305 g/mol. The Morgan fingerprint density at radius 1 is 1.14 bits per heavy atom. The van der Waals surface area contributed by atoms with Crippen molar-refractivity contribution in [3.8, 4) is 11.5 Å². The van der Waals surface area contributed by atoms with Crippen LogP contribution in [0.25, 0.3) is 0 Å². The van der Waals surface area contributed by atoms with E-state index in [1.807, 2.05) is 24.3 Å². The van der Waals surface area contributed by atoms with Gasteiger partial charge in [-0.3, -0.25) is 4.98 Å². The standard InChI is InChI=1S/C17H20ClNO2/c1-17(2,3)15-10-14(20-4)5-6-16(15)21-11-13-9-12(18)7-8-19-13/h5-10H,11H2,1-4H3. The van der Waals surface area contributed by atoms with Gasteiger partial charge >= 0.3 is 0 Å². The third-order valence-electron chi connectivity index (χ3n) is 3.15. The second-order valence-electron chi connectivity index (χ2n) is 5.87. The van der Waals surface area contributed by atoms with Crippen LogP contribution >= 0.6 is 11.6 Å². The molecule has 0 aliphatic carbocycles. The van der Waals surface area contributed by atoms with Gasteiger partial charge in [-0.1, -0.05) is 32.4 Å². The fraction of sp³-hybridized carbons (Fsp3) is 0.353. The summed E-state index contributed by atoms with van der Waals surface area (Å²) in [4.78, 5) is 4.25. The number of rotatable bonds is 4. The molecule has 0 unspecified atom stereocenters. The van der Waals surface area contributed by atoms with Gasteiger partial charge in [-0.05, 0) is 35.7 Å². The van der Waals surface area contributed by atoms with E-state index in [4.69, 9.17) is 21.1 Å². The van der Waals surface area contributed by atoms with Gasteiger partial charge in [0.15, 0.2) is 0 Å². The van der Waals surface area contributed by atoms with Crippen molar-refractivity contribution in [2.75, 3.05) is 7.11 Å². The number of methoxy groups -OCH3 is 1. The summed E-state index contributed by atoms with van der Waals surface area (Å²) in [5.41, 5.74) is 1.87. The summed E-state index contributed by atoms with van der Waals surface area (Å²) in [5.74, 6) is 1.67. The Labute approximate surface area is 130 Å². The van der Waals surface area contributed by atoms with E-state index in [2.05, 4.69) is 25.8 Å². The van der Waals surface area contributed by atoms with Crippen molar-refractivity contribution in [2.45, 2.75) is 32.8 Å². The maximum atomic E-state index is 5.96. The number of hydrogen-bond donors (Lipinski definition) is 0. The van der Waals surface area contributed by atoms with Crippen molar-refractivity contribution in [1.82, 2.24) is 4.98 Å². The zero-order valence-electron chi connectivity index (χ0n) is 12.8. The molecule has 0 amide bonds. The largest absolute Gasteiger partial charge is 0.497 e. The third kappa shape index (κ3) is 4.11. The minimum absolute atomic E-state index is 0.0361. The predicted molar refractivity (Wildman–Crippen MR) is 85.3 cm³/mol. The molecular formula is C17H20ClNO2. The molecule has 0 aliphatic heterocycles. The van der Waals surface area contributed by atoms with Crippen LogP contribution in [0.5, 0.6) is 11.5 Å². The summed E-state index contributed by atoms with van der Waals surface area (Å²) in [6, 6.07) is 9.40. The van der Waals surface area contributed by atoms with Crippen LogP contribution in [-0.4, -0.2) is 12.1 Å². The van der Waals surface area contributed by atoms with E-state index in [1.165, 1.54) is 0 Å². The molecule has 3 nitrogen and oxygen atoms in total. The van der Waals surface area contributed by atoms with Gasteiger partial charge in [0.05, 0.1) is 12.8 Å². The highest BCUT2D eigenvalue weighted by molar-refractivity contribution is 6.30. The Morgan fingerprint density at radius 3 is 2.52 bits per heavy atom. The Bertz CT molecular complexity index is 620. The summed E-state index contributed by atoms with van der Waals surface area (Å²) < 4.78 is 11.2. The van der Waals surface area contributed by atoms with E-state index in [1.54, 1.807) is 19.4 Å². The normalized spacial score (nSPS) is 11.3. The molecule has 0 N–H and O–H groups in total. The first kappa shape index (κ1) is 15.6. The molecule has 2 rings (SSSR count). The van der Waals surface area contributed by atoms with Crippen LogP contribution < -0.4 is 9.47 Å². The van der Waals surface area contributed by atoms with E-state index >= 15 is 0 Å². The first-order valence-electron chi connectivity index (χ1n) is 6.82. The molecule has 0 fully saturated rings. The summed E-state index contributed by atoms with van der Waals surface area (Å²) in [7, 11) is 1.66. The van der Waals surface area contributed by atoms with E-state index in [0.29, 0.717) is 11.6 Å². The number of ether oxygens (including phenoxy) is 2. The van der Waals surface area contributed by atoms with Crippen LogP contribution in [0.2, 0.25) is 5.02 Å². The first-order chi connectivity index (χ1) is 9.90. The fourth-order valence-electron chi connectivity index (χ4n) is 2.03. The van der Waals surface area contributed by atoms with E-state index in [0.717, 1.165) is 22.8 Å². The van der Waals surface area contributed by atoms with Crippen LogP contribution in [-0.2, 0) is 12.0 Å². The summed E-state index contributed by atoms with van der Waals surface area (Å²) in [5, 5.41) is 0.661. The predicted octanol–water partition coefficient (Wildman–Crippen LogP) is 4.62. The molecule has 0 radical (unpaired) electrons. The van der Waals surface area contributed by atoms with Crippen molar-refractivity contribution >= 4 is 11.6 Å². The Balaban J connectivity index is 2.23. The molecule has 21 heavy (non-hydrogen) atoms. The number of hydrogen-bond acceptors (Lipinski definition) is 3. The zero-order chi connectivity index (χ0) is 15.5. The molecular weight excluding hydrogens is 286 g/mol.